The van der Waals surface area contributed by atoms with Crippen LogP contribution in [0.4, 0.5) is 0 Å². The van der Waals surface area contributed by atoms with Crippen molar-refractivity contribution in [2.75, 3.05) is 13.2 Å². The summed E-state index contributed by atoms with van der Waals surface area (Å²) in [6.07, 6.45) is 8.12. The van der Waals surface area contributed by atoms with E-state index in [0.29, 0.717) is 25.4 Å². The van der Waals surface area contributed by atoms with Gasteiger partial charge in [-0.1, -0.05) is 13.8 Å². The summed E-state index contributed by atoms with van der Waals surface area (Å²) < 4.78 is 22.4. The quantitative estimate of drug-likeness (QED) is 0.476. The largest absolute Gasteiger partial charge is 0.465 e. The summed E-state index contributed by atoms with van der Waals surface area (Å²) in [5, 5.41) is 0. The zero-order chi connectivity index (χ0) is 19.0. The molecule has 0 aromatic heterocycles. The first kappa shape index (κ1) is 19.2. The number of fused-ring (bicyclic) bond motifs is 2. The van der Waals surface area contributed by atoms with Crippen LogP contribution in [0.25, 0.3) is 0 Å². The normalized spacial score (nSPS) is 37.0. The van der Waals surface area contributed by atoms with Gasteiger partial charge in [-0.05, 0) is 51.4 Å². The molecule has 2 saturated heterocycles. The fourth-order valence-corrected chi connectivity index (χ4v) is 4.62. The predicted octanol–water partition coefficient (Wildman–Crippen LogP) is 3.01. The molecule has 6 unspecified atom stereocenters. The maximum absolute atomic E-state index is 12.5. The fraction of sp³-hybridized carbons (Fsp3) is 0.905. The van der Waals surface area contributed by atoms with E-state index in [9.17, 15) is 9.59 Å². The highest BCUT2D eigenvalue weighted by molar-refractivity contribution is 5.73. The Bertz CT molecular complexity index is 525. The number of ether oxygens (including phenoxy) is 4. The highest BCUT2D eigenvalue weighted by atomic mass is 16.6. The Morgan fingerprint density at radius 3 is 1.59 bits per heavy atom. The third-order valence-electron chi connectivity index (χ3n) is 7.22. The summed E-state index contributed by atoms with van der Waals surface area (Å²) in [5.74, 6) is -0.329. The Balaban J connectivity index is 1.24. The molecule has 0 N–H and O–H groups in total. The lowest BCUT2D eigenvalue weighted by atomic mass is 9.83. The molecule has 0 amide bonds. The highest BCUT2D eigenvalue weighted by Crippen LogP contribution is 2.41. The molecule has 2 aliphatic heterocycles. The maximum Gasteiger partial charge on any atom is 0.309 e. The molecule has 27 heavy (non-hydrogen) atoms. The lowest BCUT2D eigenvalue weighted by molar-refractivity contribution is -0.160. The van der Waals surface area contributed by atoms with E-state index in [-0.39, 0.29) is 41.4 Å². The zero-order valence-electron chi connectivity index (χ0n) is 16.5. The third-order valence-corrected chi connectivity index (χ3v) is 7.22. The number of hydrogen-bond donors (Lipinski definition) is 0. The number of carbonyl (C=O) groups is 2. The van der Waals surface area contributed by atoms with Crippen molar-refractivity contribution < 1.29 is 28.5 Å². The van der Waals surface area contributed by atoms with Crippen molar-refractivity contribution in [3.05, 3.63) is 0 Å². The van der Waals surface area contributed by atoms with Crippen LogP contribution in [-0.4, -0.2) is 49.6 Å². The van der Waals surface area contributed by atoms with Crippen molar-refractivity contribution in [2.45, 2.75) is 89.6 Å². The van der Waals surface area contributed by atoms with E-state index >= 15 is 0 Å². The molecule has 0 spiro atoms. The average molecular weight is 380 g/mol. The fourth-order valence-electron chi connectivity index (χ4n) is 4.62. The Morgan fingerprint density at radius 2 is 1.22 bits per heavy atom. The number of esters is 2. The van der Waals surface area contributed by atoms with Gasteiger partial charge >= 0.3 is 11.9 Å². The molecule has 0 aromatic rings. The van der Waals surface area contributed by atoms with Crippen LogP contribution in [0, 0.1) is 17.3 Å². The summed E-state index contributed by atoms with van der Waals surface area (Å²) >= 11 is 0. The average Bonchev–Trinajstić information content (AvgIpc) is 3.61. The second kappa shape index (κ2) is 7.70. The first-order chi connectivity index (χ1) is 13.0. The lowest BCUT2D eigenvalue weighted by Gasteiger charge is -2.32. The third kappa shape index (κ3) is 4.32. The van der Waals surface area contributed by atoms with Gasteiger partial charge in [0, 0.05) is 5.41 Å². The van der Waals surface area contributed by atoms with E-state index in [1.807, 2.05) is 0 Å². The minimum absolute atomic E-state index is 0.0450. The molecular weight excluding hydrogens is 348 g/mol. The van der Waals surface area contributed by atoms with Crippen molar-refractivity contribution in [1.29, 1.82) is 0 Å². The molecule has 0 aromatic carbocycles. The van der Waals surface area contributed by atoms with E-state index in [1.165, 1.54) is 0 Å². The van der Waals surface area contributed by atoms with E-state index in [1.54, 1.807) is 0 Å². The van der Waals surface area contributed by atoms with Crippen molar-refractivity contribution in [3.8, 4) is 0 Å². The Kier molecular flexibility index (Phi) is 5.48. The molecule has 4 aliphatic rings. The molecule has 4 rings (SSSR count). The topological polar surface area (TPSA) is 77.7 Å². The first-order valence-electron chi connectivity index (χ1n) is 10.7. The monoisotopic (exact) mass is 380 g/mol. The van der Waals surface area contributed by atoms with Crippen molar-refractivity contribution >= 4 is 11.9 Å². The number of carbonyl (C=O) groups excluding carboxylic acids is 2. The van der Waals surface area contributed by atoms with Crippen LogP contribution in [-0.2, 0) is 28.5 Å². The molecule has 6 heteroatoms. The van der Waals surface area contributed by atoms with Crippen LogP contribution in [0.3, 0.4) is 0 Å². The minimum atomic E-state index is -0.300. The van der Waals surface area contributed by atoms with Gasteiger partial charge in [0.25, 0.3) is 0 Å². The lowest BCUT2D eigenvalue weighted by Crippen LogP contribution is -2.36. The summed E-state index contributed by atoms with van der Waals surface area (Å²) in [5.41, 5.74) is -0.300. The molecule has 152 valence electrons. The summed E-state index contributed by atoms with van der Waals surface area (Å²) in [7, 11) is 0. The molecular formula is C21H32O6. The number of hydrogen-bond acceptors (Lipinski definition) is 6. The molecule has 6 atom stereocenters. The van der Waals surface area contributed by atoms with Crippen LogP contribution in [0.1, 0.15) is 65.2 Å². The second-order valence-corrected chi connectivity index (χ2v) is 8.87. The Morgan fingerprint density at radius 1 is 0.778 bits per heavy atom. The Labute approximate surface area is 161 Å². The van der Waals surface area contributed by atoms with Gasteiger partial charge in [0.2, 0.25) is 0 Å². The van der Waals surface area contributed by atoms with E-state index < -0.39 is 0 Å². The molecule has 2 heterocycles. The molecule has 2 saturated carbocycles. The van der Waals surface area contributed by atoms with Gasteiger partial charge < -0.3 is 18.9 Å². The second-order valence-electron chi connectivity index (χ2n) is 8.87. The molecule has 0 bridgehead atoms. The predicted molar refractivity (Wildman–Crippen MR) is 96.9 cm³/mol. The van der Waals surface area contributed by atoms with Crippen molar-refractivity contribution in [2.24, 2.45) is 17.3 Å². The van der Waals surface area contributed by atoms with Gasteiger partial charge in [-0.3, -0.25) is 9.59 Å². The van der Waals surface area contributed by atoms with Crippen LogP contribution >= 0.6 is 0 Å². The number of rotatable bonds is 8. The minimum Gasteiger partial charge on any atom is -0.465 e. The van der Waals surface area contributed by atoms with Crippen molar-refractivity contribution in [1.82, 2.24) is 0 Å². The van der Waals surface area contributed by atoms with Gasteiger partial charge in [-0.2, -0.15) is 0 Å². The maximum atomic E-state index is 12.5. The molecule has 0 radical (unpaired) electrons. The standard InChI is InChI=1S/C21H32O6/c1-3-21(4-2,11-24-19(22)13-5-7-15-17(9-13)26-15)12-25-20(23)14-6-8-16-18(10-14)27-16/h13-18H,3-12H2,1-2H3. The Hall–Kier alpha value is -1.14. The molecule has 4 fully saturated rings. The van der Waals surface area contributed by atoms with E-state index in [2.05, 4.69) is 13.8 Å². The van der Waals surface area contributed by atoms with Gasteiger partial charge in [0.05, 0.1) is 36.3 Å². The van der Waals surface area contributed by atoms with Gasteiger partial charge in [0.1, 0.15) is 13.2 Å². The van der Waals surface area contributed by atoms with Gasteiger partial charge in [0.15, 0.2) is 0 Å². The summed E-state index contributed by atoms with van der Waals surface area (Å²) in [6.45, 7) is 4.77. The van der Waals surface area contributed by atoms with Crippen LogP contribution < -0.4 is 0 Å². The van der Waals surface area contributed by atoms with E-state index in [0.717, 1.165) is 51.4 Å². The molecule has 2 aliphatic carbocycles. The van der Waals surface area contributed by atoms with Gasteiger partial charge in [-0.25, -0.2) is 0 Å². The van der Waals surface area contributed by atoms with Gasteiger partial charge in [-0.15, -0.1) is 0 Å². The van der Waals surface area contributed by atoms with Crippen molar-refractivity contribution in [3.63, 3.8) is 0 Å². The van der Waals surface area contributed by atoms with Crippen LogP contribution in [0.5, 0.6) is 0 Å². The zero-order valence-corrected chi connectivity index (χ0v) is 16.5. The van der Waals surface area contributed by atoms with Crippen LogP contribution in [0.15, 0.2) is 0 Å². The summed E-state index contributed by atoms with van der Waals surface area (Å²) in [4.78, 5) is 24.9. The van der Waals surface area contributed by atoms with Crippen LogP contribution in [0.2, 0.25) is 0 Å². The van der Waals surface area contributed by atoms with E-state index in [4.69, 9.17) is 18.9 Å². The SMILES string of the molecule is CCC(CC)(COC(=O)C1CCC2OC2C1)COC(=O)C1CCC2OC2C1. The number of epoxide rings is 2. The highest BCUT2D eigenvalue weighted by Gasteiger charge is 2.47. The first-order valence-corrected chi connectivity index (χ1v) is 10.7. The smallest absolute Gasteiger partial charge is 0.309 e. The summed E-state index contributed by atoms with van der Waals surface area (Å²) in [6, 6.07) is 0. The molecule has 6 nitrogen and oxygen atoms in total.